The molecule has 2 N–H and O–H groups in total. The van der Waals surface area contributed by atoms with Crippen molar-refractivity contribution in [1.29, 1.82) is 0 Å². The largest absolute Gasteiger partial charge is 0.478 e. The number of sulfonamides is 1. The molecule has 20 heavy (non-hydrogen) atoms. The Bertz CT molecular complexity index is 594. The number of carboxylic acid groups (broad SMARTS) is 1. The summed E-state index contributed by atoms with van der Waals surface area (Å²) in [6.45, 7) is 0.0511. The maximum absolute atomic E-state index is 12.1. The van der Waals surface area contributed by atoms with Crippen LogP contribution in [0.25, 0.3) is 0 Å². The molecule has 0 aliphatic rings. The highest BCUT2D eigenvalue weighted by atomic mass is 32.2. The normalized spacial score (nSPS) is 11.6. The Morgan fingerprint density at radius 1 is 1.50 bits per heavy atom. The lowest BCUT2D eigenvalue weighted by molar-refractivity contribution is -0.140. The summed E-state index contributed by atoms with van der Waals surface area (Å²) < 4.78 is 29.7. The number of carbonyl (C=O) groups excluding carboxylic acids is 1. The summed E-state index contributed by atoms with van der Waals surface area (Å²) in [4.78, 5) is 21.8. The van der Waals surface area contributed by atoms with Crippen LogP contribution in [0.3, 0.4) is 0 Å². The molecule has 0 radical (unpaired) electrons. The number of aromatic nitrogens is 2. The maximum Gasteiger partial charge on any atom is 0.340 e. The summed E-state index contributed by atoms with van der Waals surface area (Å²) >= 11 is 0. The van der Waals surface area contributed by atoms with Crippen LogP contribution >= 0.6 is 0 Å². The number of nitrogens with zero attached hydrogens (tertiary/aromatic N) is 2. The van der Waals surface area contributed by atoms with Crippen LogP contribution in [0.2, 0.25) is 0 Å². The average Bonchev–Trinajstić information content (AvgIpc) is 2.88. The Balaban J connectivity index is 2.80. The fourth-order valence-electron chi connectivity index (χ4n) is 1.45. The maximum atomic E-state index is 12.1. The summed E-state index contributed by atoms with van der Waals surface area (Å²) in [7, 11) is -1.46. The summed E-state index contributed by atoms with van der Waals surface area (Å²) in [5.74, 6) is -1.83. The van der Waals surface area contributed by atoms with Crippen molar-refractivity contribution in [2.24, 2.45) is 0 Å². The predicted molar refractivity (Wildman–Crippen MR) is 66.6 cm³/mol. The highest BCUT2D eigenvalue weighted by Crippen LogP contribution is 2.16. The van der Waals surface area contributed by atoms with Gasteiger partial charge < -0.3 is 9.84 Å². The monoisotopic (exact) mass is 305 g/mol. The van der Waals surface area contributed by atoms with Crippen LogP contribution in [0, 0.1) is 0 Å². The number of carboxylic acids is 1. The second-order valence-electron chi connectivity index (χ2n) is 3.92. The first-order valence-electron chi connectivity index (χ1n) is 5.60. The molecule has 0 aromatic carbocycles. The zero-order valence-electron chi connectivity index (χ0n) is 11.0. The Morgan fingerprint density at radius 3 is 2.70 bits per heavy atom. The van der Waals surface area contributed by atoms with E-state index in [1.807, 2.05) is 0 Å². The van der Waals surface area contributed by atoms with Gasteiger partial charge in [0, 0.05) is 20.0 Å². The highest BCUT2D eigenvalue weighted by molar-refractivity contribution is 7.89. The molecule has 0 spiro atoms. The minimum Gasteiger partial charge on any atom is -0.478 e. The van der Waals surface area contributed by atoms with Gasteiger partial charge in [-0.05, 0) is 6.42 Å². The Morgan fingerprint density at radius 2 is 2.15 bits per heavy atom. The molecule has 0 bridgehead atoms. The quantitative estimate of drug-likeness (QED) is 0.660. The average molecular weight is 305 g/mol. The number of hydrogen-bond acceptors (Lipinski definition) is 6. The third-order valence-electron chi connectivity index (χ3n) is 2.58. The SMILES string of the molecule is COC(=O)CCCN(C)S(=O)(=O)c1[nH]ncc1C(=O)O. The van der Waals surface area contributed by atoms with Gasteiger partial charge in [0.05, 0.1) is 13.3 Å². The second kappa shape index (κ2) is 6.48. The van der Waals surface area contributed by atoms with Crippen LogP contribution in [0.1, 0.15) is 23.2 Å². The minimum atomic E-state index is -3.99. The first-order valence-corrected chi connectivity index (χ1v) is 7.04. The van der Waals surface area contributed by atoms with E-state index < -0.39 is 32.6 Å². The molecule has 0 aliphatic heterocycles. The van der Waals surface area contributed by atoms with Crippen molar-refractivity contribution in [3.05, 3.63) is 11.8 Å². The minimum absolute atomic E-state index is 0.0511. The van der Waals surface area contributed by atoms with E-state index in [1.165, 1.54) is 14.2 Å². The molecule has 1 rings (SSSR count). The van der Waals surface area contributed by atoms with Gasteiger partial charge in [0.25, 0.3) is 10.0 Å². The molecule has 9 nitrogen and oxygen atoms in total. The van der Waals surface area contributed by atoms with Crippen molar-refractivity contribution in [3.8, 4) is 0 Å². The highest BCUT2D eigenvalue weighted by Gasteiger charge is 2.28. The number of carbonyl (C=O) groups is 2. The van der Waals surface area contributed by atoms with Crippen LogP contribution in [-0.2, 0) is 19.6 Å². The van der Waals surface area contributed by atoms with Crippen molar-refractivity contribution in [3.63, 3.8) is 0 Å². The van der Waals surface area contributed by atoms with Gasteiger partial charge >= 0.3 is 11.9 Å². The van der Waals surface area contributed by atoms with Crippen molar-refractivity contribution < 1.29 is 27.9 Å². The summed E-state index contributed by atoms with van der Waals surface area (Å²) in [5.41, 5.74) is -0.426. The molecular formula is C10H15N3O6S. The zero-order chi connectivity index (χ0) is 15.3. The second-order valence-corrected chi connectivity index (χ2v) is 5.91. The lowest BCUT2D eigenvalue weighted by Crippen LogP contribution is -2.29. The zero-order valence-corrected chi connectivity index (χ0v) is 11.8. The molecule has 0 unspecified atom stereocenters. The van der Waals surface area contributed by atoms with Crippen molar-refractivity contribution >= 4 is 22.0 Å². The Kier molecular flexibility index (Phi) is 5.22. The van der Waals surface area contributed by atoms with Crippen molar-refractivity contribution in [2.75, 3.05) is 20.7 Å². The van der Waals surface area contributed by atoms with E-state index in [0.717, 1.165) is 10.5 Å². The molecule has 0 saturated carbocycles. The van der Waals surface area contributed by atoms with E-state index in [9.17, 15) is 18.0 Å². The summed E-state index contributed by atoms with van der Waals surface area (Å²) in [5, 5.41) is 14.0. The predicted octanol–water partition coefficient (Wildman–Crippen LogP) is -0.318. The van der Waals surface area contributed by atoms with E-state index in [0.29, 0.717) is 0 Å². The molecule has 0 aliphatic carbocycles. The van der Waals surface area contributed by atoms with E-state index in [4.69, 9.17) is 5.11 Å². The summed E-state index contributed by atoms with van der Waals surface area (Å²) in [6, 6.07) is 0. The summed E-state index contributed by atoms with van der Waals surface area (Å²) in [6.07, 6.45) is 1.27. The van der Waals surface area contributed by atoms with Gasteiger partial charge in [-0.25, -0.2) is 13.2 Å². The fraction of sp³-hybridized carbons (Fsp3) is 0.500. The number of nitrogens with one attached hydrogen (secondary N) is 1. The third-order valence-corrected chi connectivity index (χ3v) is 4.41. The molecule has 0 amide bonds. The molecule has 1 heterocycles. The molecule has 0 atom stereocenters. The number of H-pyrrole nitrogens is 1. The number of aromatic amines is 1. The molecule has 1 aromatic rings. The van der Waals surface area contributed by atoms with E-state index in [2.05, 4.69) is 14.9 Å². The van der Waals surface area contributed by atoms with Gasteiger partial charge in [-0.2, -0.15) is 9.40 Å². The molecule has 0 saturated heterocycles. The lowest BCUT2D eigenvalue weighted by Gasteiger charge is -2.15. The molecule has 10 heteroatoms. The van der Waals surface area contributed by atoms with Crippen molar-refractivity contribution in [1.82, 2.24) is 14.5 Å². The molecule has 1 aromatic heterocycles. The van der Waals surface area contributed by atoms with Crippen LogP contribution in [0.15, 0.2) is 11.2 Å². The Labute approximate surface area is 115 Å². The lowest BCUT2D eigenvalue weighted by atomic mass is 10.3. The standard InChI is InChI=1S/C10H15N3O6S/c1-13(5-3-4-8(14)19-2)20(17,18)9-7(10(15)16)6-11-12-9/h6H,3-5H2,1-2H3,(H,11,12)(H,15,16). The molecule has 112 valence electrons. The topological polar surface area (TPSA) is 130 Å². The first-order chi connectivity index (χ1) is 9.30. The van der Waals surface area contributed by atoms with Crippen LogP contribution in [-0.4, -0.2) is 60.7 Å². The van der Waals surface area contributed by atoms with Gasteiger partial charge in [0.15, 0.2) is 5.03 Å². The number of ether oxygens (including phenoxy) is 1. The van der Waals surface area contributed by atoms with Gasteiger partial charge in [-0.3, -0.25) is 9.89 Å². The van der Waals surface area contributed by atoms with Gasteiger partial charge in [0.1, 0.15) is 5.56 Å². The Hall–Kier alpha value is -1.94. The molecule has 0 fully saturated rings. The van der Waals surface area contributed by atoms with Gasteiger partial charge in [-0.15, -0.1) is 0 Å². The van der Waals surface area contributed by atoms with Crippen LogP contribution in [0.5, 0.6) is 0 Å². The van der Waals surface area contributed by atoms with Crippen molar-refractivity contribution in [2.45, 2.75) is 17.9 Å². The number of methoxy groups -OCH3 is 1. The van der Waals surface area contributed by atoms with Gasteiger partial charge in [0.2, 0.25) is 0 Å². The number of esters is 1. The third kappa shape index (κ3) is 3.54. The van der Waals surface area contributed by atoms with E-state index in [-0.39, 0.29) is 19.4 Å². The van der Waals surface area contributed by atoms with Gasteiger partial charge in [-0.1, -0.05) is 0 Å². The first kappa shape index (κ1) is 16.1. The number of hydrogen-bond donors (Lipinski definition) is 2. The van der Waals surface area contributed by atoms with E-state index >= 15 is 0 Å². The van der Waals surface area contributed by atoms with Crippen LogP contribution in [0.4, 0.5) is 0 Å². The number of aromatic carboxylic acids is 1. The van der Waals surface area contributed by atoms with E-state index in [1.54, 1.807) is 0 Å². The number of rotatable bonds is 7. The smallest absolute Gasteiger partial charge is 0.340 e. The fourth-order valence-corrected chi connectivity index (χ4v) is 2.71. The molecular weight excluding hydrogens is 290 g/mol. The van der Waals surface area contributed by atoms with Crippen LogP contribution < -0.4 is 0 Å².